The summed E-state index contributed by atoms with van der Waals surface area (Å²) in [6.07, 6.45) is 0. The number of hydrogen-bond donors (Lipinski definition) is 0. The van der Waals surface area contributed by atoms with Gasteiger partial charge in [0.1, 0.15) is 0 Å². The summed E-state index contributed by atoms with van der Waals surface area (Å²) in [6, 6.07) is 22.9. The third kappa shape index (κ3) is 4.46. The van der Waals surface area contributed by atoms with Gasteiger partial charge in [-0.3, -0.25) is 0 Å². The van der Waals surface area contributed by atoms with Crippen molar-refractivity contribution in [3.63, 3.8) is 0 Å². The van der Waals surface area contributed by atoms with Gasteiger partial charge in [-0.05, 0) is 0 Å². The van der Waals surface area contributed by atoms with Gasteiger partial charge in [0, 0.05) is 0 Å². The van der Waals surface area contributed by atoms with Gasteiger partial charge in [-0.2, -0.15) is 0 Å². The first kappa shape index (κ1) is 18.5. The third-order valence-corrected chi connectivity index (χ3v) is 8.93. The van der Waals surface area contributed by atoms with Crippen LogP contribution in [0, 0.1) is 20.8 Å². The molecule has 0 heterocycles. The van der Waals surface area contributed by atoms with Crippen LogP contribution in [-0.4, -0.2) is 24.4 Å². The van der Waals surface area contributed by atoms with Crippen molar-refractivity contribution in [2.24, 2.45) is 0 Å². The average molecular weight is 453 g/mol. The van der Waals surface area contributed by atoms with Gasteiger partial charge in [-0.15, -0.1) is 0 Å². The summed E-state index contributed by atoms with van der Waals surface area (Å²) in [4.78, 5) is 13.3. The van der Waals surface area contributed by atoms with E-state index in [0.29, 0.717) is 11.5 Å². The molecule has 132 valence electrons. The molecule has 0 aliphatic heterocycles. The fraction of sp³-hybridized carbons (Fsp3) is 0.136. The van der Waals surface area contributed by atoms with E-state index >= 15 is 0 Å². The van der Waals surface area contributed by atoms with E-state index in [2.05, 4.69) is 0 Å². The first-order valence-corrected chi connectivity index (χ1v) is 12.9. The minimum absolute atomic E-state index is 0.0227. The Labute approximate surface area is 162 Å². The van der Waals surface area contributed by atoms with Crippen LogP contribution in [0.4, 0.5) is 0 Å². The number of para-hydroxylation sites is 2. The summed E-state index contributed by atoms with van der Waals surface area (Å²) >= 11 is -3.57. The van der Waals surface area contributed by atoms with Crippen LogP contribution in [0.1, 0.15) is 27.0 Å². The van der Waals surface area contributed by atoms with Gasteiger partial charge in [0.2, 0.25) is 0 Å². The van der Waals surface area contributed by atoms with Gasteiger partial charge in [-0.1, -0.05) is 0 Å². The molecule has 4 heteroatoms. The monoisotopic (exact) mass is 454 g/mol. The summed E-state index contributed by atoms with van der Waals surface area (Å²) in [5.74, 6) is 1.36. The van der Waals surface area contributed by atoms with Crippen LogP contribution < -0.4 is 6.15 Å². The van der Waals surface area contributed by atoms with Crippen molar-refractivity contribution < 1.29 is 10.9 Å². The first-order chi connectivity index (χ1) is 12.5. The number of carbonyl (C=O) groups is 1. The van der Waals surface area contributed by atoms with Crippen LogP contribution in [0.2, 0.25) is 0 Å². The van der Waals surface area contributed by atoms with E-state index in [0.717, 1.165) is 22.3 Å². The number of hydrogen-bond acceptors (Lipinski definition) is 3. The Morgan fingerprint density at radius 2 is 1.15 bits per heavy atom. The molecule has 26 heavy (non-hydrogen) atoms. The Morgan fingerprint density at radius 3 is 1.58 bits per heavy atom. The first-order valence-electron chi connectivity index (χ1n) is 8.60. The fourth-order valence-corrected chi connectivity index (χ4v) is 8.09. The van der Waals surface area contributed by atoms with E-state index in [1.54, 1.807) is 0 Å². The Hall–Kier alpha value is -2.27. The van der Waals surface area contributed by atoms with Crippen molar-refractivity contribution in [2.45, 2.75) is 20.8 Å². The quantitative estimate of drug-likeness (QED) is 0.508. The molecule has 0 aliphatic rings. The fourth-order valence-electron chi connectivity index (χ4n) is 3.06. The Morgan fingerprint density at radius 1 is 0.731 bits per heavy atom. The van der Waals surface area contributed by atoms with Gasteiger partial charge < -0.3 is 0 Å². The maximum atomic E-state index is 13.3. The molecule has 0 unspecified atom stereocenters. The third-order valence-electron chi connectivity index (χ3n) is 4.11. The molecule has 0 aromatic heterocycles. The van der Waals surface area contributed by atoms with Gasteiger partial charge in [0.25, 0.3) is 0 Å². The molecule has 0 spiro atoms. The second kappa shape index (κ2) is 8.41. The molecule has 3 aromatic rings. The van der Waals surface area contributed by atoms with Crippen LogP contribution >= 0.6 is 0 Å². The van der Waals surface area contributed by atoms with Crippen molar-refractivity contribution >= 4 is 24.4 Å². The van der Waals surface area contributed by atoms with Gasteiger partial charge in [0.15, 0.2) is 0 Å². The molecular formula is C22H22O3Sn. The predicted octanol–water partition coefficient (Wildman–Crippen LogP) is 4.71. The van der Waals surface area contributed by atoms with Crippen LogP contribution in [0.25, 0.3) is 0 Å². The Balaban J connectivity index is 1.95. The zero-order valence-electron chi connectivity index (χ0n) is 15.2. The maximum absolute atomic E-state index is 13.3. The summed E-state index contributed by atoms with van der Waals surface area (Å²) in [6.45, 7) is 5.98. The van der Waals surface area contributed by atoms with E-state index in [9.17, 15) is 4.79 Å². The van der Waals surface area contributed by atoms with E-state index in [4.69, 9.17) is 6.15 Å². The Bertz CT molecular complexity index is 827. The molecule has 3 rings (SSSR count). The number of carbonyl (C=O) groups excluding carboxylic acids is 1. The second-order valence-corrected chi connectivity index (χ2v) is 11.1. The van der Waals surface area contributed by atoms with Crippen molar-refractivity contribution in [1.29, 1.82) is 0 Å². The van der Waals surface area contributed by atoms with E-state index in [-0.39, 0.29) is 3.80 Å². The molecule has 0 aliphatic carbocycles. The SMILES string of the molecule is Cc1cc(C)c([C](=O)[SnH]([O]c2ccccc2)[O]c2ccccc2)c(C)c1. The van der Waals surface area contributed by atoms with Crippen molar-refractivity contribution in [3.05, 3.63) is 95.1 Å². The van der Waals surface area contributed by atoms with Gasteiger partial charge >= 0.3 is 163 Å². The van der Waals surface area contributed by atoms with Crippen LogP contribution in [-0.2, 0) is 0 Å². The zero-order valence-corrected chi connectivity index (χ0v) is 18.5. The summed E-state index contributed by atoms with van der Waals surface area (Å²) in [7, 11) is 0. The van der Waals surface area contributed by atoms with Gasteiger partial charge in [-0.25, -0.2) is 0 Å². The van der Waals surface area contributed by atoms with Crippen LogP contribution in [0.5, 0.6) is 11.5 Å². The molecule has 0 bridgehead atoms. The van der Waals surface area contributed by atoms with E-state index in [1.165, 1.54) is 0 Å². The van der Waals surface area contributed by atoms with E-state index < -0.39 is 20.6 Å². The normalized spacial score (nSPS) is 10.6. The average Bonchev–Trinajstić information content (AvgIpc) is 2.62. The van der Waals surface area contributed by atoms with Crippen molar-refractivity contribution in [1.82, 2.24) is 0 Å². The predicted molar refractivity (Wildman–Crippen MR) is 106 cm³/mol. The second-order valence-electron chi connectivity index (χ2n) is 6.33. The zero-order chi connectivity index (χ0) is 18.5. The summed E-state index contributed by atoms with van der Waals surface area (Å²) < 4.78 is 12.2. The summed E-state index contributed by atoms with van der Waals surface area (Å²) in [5, 5.41) is 0. The molecule has 0 N–H and O–H groups in total. The van der Waals surface area contributed by atoms with Crippen LogP contribution in [0.15, 0.2) is 72.8 Å². The molecular weight excluding hydrogens is 431 g/mol. The van der Waals surface area contributed by atoms with E-state index in [1.807, 2.05) is 93.6 Å². The standard InChI is InChI=1S/C10H11O.2C6H6O.Sn.H/c1-7-4-8(2)10(6-11)9(3)5-7;2*7-6-4-2-1-3-5-6;;/h4-5H,1-3H3;2*1-5,7H;;/q;;;+2;/p-2. The molecule has 3 nitrogen and oxygen atoms in total. The number of rotatable bonds is 6. The number of aryl methyl sites for hydroxylation is 3. The Kier molecular flexibility index (Phi) is 5.99. The van der Waals surface area contributed by atoms with Crippen molar-refractivity contribution in [3.8, 4) is 11.5 Å². The molecule has 0 amide bonds. The molecule has 0 saturated heterocycles. The molecule has 0 atom stereocenters. The van der Waals surface area contributed by atoms with Gasteiger partial charge in [0.05, 0.1) is 0 Å². The minimum atomic E-state index is -3.57. The van der Waals surface area contributed by atoms with Crippen molar-refractivity contribution in [2.75, 3.05) is 0 Å². The van der Waals surface area contributed by atoms with Crippen LogP contribution in [0.3, 0.4) is 0 Å². The molecule has 0 radical (unpaired) electrons. The molecule has 0 fully saturated rings. The number of benzene rings is 3. The summed E-state index contributed by atoms with van der Waals surface area (Å²) in [5.41, 5.74) is 3.84. The molecule has 3 aromatic carbocycles. The molecule has 0 saturated carbocycles. The topological polar surface area (TPSA) is 35.5 Å².